The summed E-state index contributed by atoms with van der Waals surface area (Å²) in [6.45, 7) is 3.87. The molecular formula is C22H26N4O2. The molecule has 6 heteroatoms. The third kappa shape index (κ3) is 5.61. The van der Waals surface area contributed by atoms with Crippen LogP contribution >= 0.6 is 0 Å². The van der Waals surface area contributed by atoms with E-state index >= 15 is 0 Å². The zero-order chi connectivity index (χ0) is 19.8. The summed E-state index contributed by atoms with van der Waals surface area (Å²) in [5.74, 6) is 4.03. The molecule has 0 aliphatic rings. The Morgan fingerprint density at radius 2 is 1.68 bits per heavy atom. The van der Waals surface area contributed by atoms with Crippen molar-refractivity contribution in [1.29, 1.82) is 0 Å². The molecule has 1 heterocycles. The predicted octanol–water partition coefficient (Wildman–Crippen LogP) is 3.92. The van der Waals surface area contributed by atoms with Gasteiger partial charge in [-0.25, -0.2) is 9.97 Å². The minimum absolute atomic E-state index is 0.532. The summed E-state index contributed by atoms with van der Waals surface area (Å²) in [5.41, 5.74) is 1.24. The molecular weight excluding hydrogens is 352 g/mol. The van der Waals surface area contributed by atoms with Crippen LogP contribution in [0, 0.1) is 6.92 Å². The van der Waals surface area contributed by atoms with Gasteiger partial charge < -0.3 is 19.7 Å². The van der Waals surface area contributed by atoms with Crippen LogP contribution in [0.4, 0.5) is 11.6 Å². The van der Waals surface area contributed by atoms with Gasteiger partial charge in [0, 0.05) is 19.7 Å². The molecule has 0 saturated carbocycles. The Hall–Kier alpha value is -3.28. The van der Waals surface area contributed by atoms with Crippen LogP contribution in [-0.2, 0) is 6.54 Å². The van der Waals surface area contributed by atoms with E-state index in [0.717, 1.165) is 35.5 Å². The summed E-state index contributed by atoms with van der Waals surface area (Å²) in [6, 6.07) is 19.8. The van der Waals surface area contributed by atoms with E-state index in [-0.39, 0.29) is 0 Å². The molecule has 0 radical (unpaired) electrons. The molecule has 2 aromatic carbocycles. The standard InChI is InChI=1S/C22H26N4O2/c1-17-24-21(23-13-14-28-20-11-9-19(27-3)10-12-20)15-22(25-17)26(2)16-18-7-5-4-6-8-18/h4-12,15H,13-14,16H2,1-3H3,(H,23,24,25). The highest BCUT2D eigenvalue weighted by atomic mass is 16.5. The van der Waals surface area contributed by atoms with Crippen molar-refractivity contribution in [1.82, 2.24) is 9.97 Å². The van der Waals surface area contributed by atoms with Crippen LogP contribution in [0.5, 0.6) is 11.5 Å². The van der Waals surface area contributed by atoms with Crippen molar-refractivity contribution < 1.29 is 9.47 Å². The Morgan fingerprint density at radius 1 is 0.964 bits per heavy atom. The third-order valence-corrected chi connectivity index (χ3v) is 4.21. The highest BCUT2D eigenvalue weighted by Crippen LogP contribution is 2.18. The molecule has 1 aromatic heterocycles. The highest BCUT2D eigenvalue weighted by molar-refractivity contribution is 5.49. The maximum Gasteiger partial charge on any atom is 0.134 e. The fraction of sp³-hybridized carbons (Fsp3) is 0.273. The Balaban J connectivity index is 1.53. The molecule has 0 aliphatic heterocycles. The van der Waals surface area contributed by atoms with Crippen molar-refractivity contribution in [3.8, 4) is 11.5 Å². The molecule has 0 unspecified atom stereocenters. The topological polar surface area (TPSA) is 59.5 Å². The van der Waals surface area contributed by atoms with E-state index in [2.05, 4.69) is 32.3 Å². The molecule has 146 valence electrons. The van der Waals surface area contributed by atoms with Crippen molar-refractivity contribution >= 4 is 11.6 Å². The van der Waals surface area contributed by atoms with Crippen molar-refractivity contribution in [2.24, 2.45) is 0 Å². The van der Waals surface area contributed by atoms with Gasteiger partial charge in [-0.2, -0.15) is 0 Å². The number of benzene rings is 2. The number of ether oxygens (including phenoxy) is 2. The van der Waals surface area contributed by atoms with E-state index in [1.54, 1.807) is 7.11 Å². The smallest absolute Gasteiger partial charge is 0.134 e. The van der Waals surface area contributed by atoms with Gasteiger partial charge in [0.05, 0.1) is 13.7 Å². The van der Waals surface area contributed by atoms with Gasteiger partial charge in [0.25, 0.3) is 0 Å². The highest BCUT2D eigenvalue weighted by Gasteiger charge is 2.07. The Kier molecular flexibility index (Phi) is 6.68. The Bertz CT molecular complexity index is 869. The first-order valence-electron chi connectivity index (χ1n) is 9.25. The minimum Gasteiger partial charge on any atom is -0.497 e. The van der Waals surface area contributed by atoms with Gasteiger partial charge in [0.2, 0.25) is 0 Å². The third-order valence-electron chi connectivity index (χ3n) is 4.21. The number of rotatable bonds is 9. The molecule has 28 heavy (non-hydrogen) atoms. The van der Waals surface area contributed by atoms with Crippen LogP contribution in [0.3, 0.4) is 0 Å². The zero-order valence-electron chi connectivity index (χ0n) is 16.6. The zero-order valence-corrected chi connectivity index (χ0v) is 16.6. The molecule has 6 nitrogen and oxygen atoms in total. The lowest BCUT2D eigenvalue weighted by Crippen LogP contribution is -2.19. The Morgan fingerprint density at radius 3 is 2.39 bits per heavy atom. The predicted molar refractivity (Wildman–Crippen MR) is 112 cm³/mol. The second kappa shape index (κ2) is 9.60. The SMILES string of the molecule is COc1ccc(OCCNc2cc(N(C)Cc3ccccc3)nc(C)n2)cc1. The normalized spacial score (nSPS) is 10.4. The van der Waals surface area contributed by atoms with Crippen molar-refractivity contribution in [3.63, 3.8) is 0 Å². The number of anilines is 2. The maximum absolute atomic E-state index is 5.74. The molecule has 3 aromatic rings. The summed E-state index contributed by atoms with van der Waals surface area (Å²) < 4.78 is 10.9. The second-order valence-electron chi connectivity index (χ2n) is 6.45. The first kappa shape index (κ1) is 19.5. The van der Waals surface area contributed by atoms with E-state index in [0.29, 0.717) is 13.2 Å². The van der Waals surface area contributed by atoms with E-state index < -0.39 is 0 Å². The largest absolute Gasteiger partial charge is 0.497 e. The van der Waals surface area contributed by atoms with E-state index in [1.165, 1.54) is 5.56 Å². The number of hydrogen-bond acceptors (Lipinski definition) is 6. The molecule has 3 rings (SSSR count). The Labute approximate surface area is 166 Å². The lowest BCUT2D eigenvalue weighted by atomic mass is 10.2. The monoisotopic (exact) mass is 378 g/mol. The molecule has 0 bridgehead atoms. The quantitative estimate of drug-likeness (QED) is 0.570. The van der Waals surface area contributed by atoms with Gasteiger partial charge >= 0.3 is 0 Å². The summed E-state index contributed by atoms with van der Waals surface area (Å²) >= 11 is 0. The summed E-state index contributed by atoms with van der Waals surface area (Å²) in [7, 11) is 3.68. The fourth-order valence-corrected chi connectivity index (χ4v) is 2.80. The van der Waals surface area contributed by atoms with Crippen LogP contribution < -0.4 is 19.7 Å². The molecule has 0 saturated heterocycles. The first-order chi connectivity index (χ1) is 13.6. The van der Waals surface area contributed by atoms with E-state index in [4.69, 9.17) is 9.47 Å². The number of nitrogens with zero attached hydrogens (tertiary/aromatic N) is 3. The number of methoxy groups -OCH3 is 1. The summed E-state index contributed by atoms with van der Waals surface area (Å²) in [6.07, 6.45) is 0. The second-order valence-corrected chi connectivity index (χ2v) is 6.45. The van der Waals surface area contributed by atoms with Crippen LogP contribution in [-0.4, -0.2) is 37.3 Å². The molecule has 0 aliphatic carbocycles. The summed E-state index contributed by atoms with van der Waals surface area (Å²) in [4.78, 5) is 11.1. The van der Waals surface area contributed by atoms with Gasteiger partial charge in [-0.05, 0) is 36.8 Å². The van der Waals surface area contributed by atoms with E-state index in [9.17, 15) is 0 Å². The summed E-state index contributed by atoms with van der Waals surface area (Å²) in [5, 5.41) is 3.31. The fourth-order valence-electron chi connectivity index (χ4n) is 2.80. The van der Waals surface area contributed by atoms with E-state index in [1.807, 2.05) is 62.5 Å². The van der Waals surface area contributed by atoms with Crippen molar-refractivity contribution in [2.75, 3.05) is 37.5 Å². The lowest BCUT2D eigenvalue weighted by molar-refractivity contribution is 0.331. The van der Waals surface area contributed by atoms with Gasteiger partial charge in [0.15, 0.2) is 0 Å². The number of hydrogen-bond donors (Lipinski definition) is 1. The van der Waals surface area contributed by atoms with Gasteiger partial charge in [0.1, 0.15) is 35.6 Å². The first-order valence-corrected chi connectivity index (χ1v) is 9.25. The van der Waals surface area contributed by atoms with Crippen LogP contribution in [0.2, 0.25) is 0 Å². The number of nitrogens with one attached hydrogen (secondary N) is 1. The van der Waals surface area contributed by atoms with Crippen molar-refractivity contribution in [2.45, 2.75) is 13.5 Å². The van der Waals surface area contributed by atoms with Gasteiger partial charge in [-0.3, -0.25) is 0 Å². The average molecular weight is 378 g/mol. The maximum atomic E-state index is 5.74. The van der Waals surface area contributed by atoms with Crippen LogP contribution in [0.15, 0.2) is 60.7 Å². The molecule has 0 amide bonds. The van der Waals surface area contributed by atoms with Gasteiger partial charge in [-0.15, -0.1) is 0 Å². The molecule has 0 fully saturated rings. The van der Waals surface area contributed by atoms with Gasteiger partial charge in [-0.1, -0.05) is 30.3 Å². The molecule has 0 spiro atoms. The molecule has 0 atom stereocenters. The molecule has 1 N–H and O–H groups in total. The number of aromatic nitrogens is 2. The van der Waals surface area contributed by atoms with Crippen molar-refractivity contribution in [3.05, 3.63) is 72.1 Å². The minimum atomic E-state index is 0.532. The number of aryl methyl sites for hydroxylation is 1. The van der Waals surface area contributed by atoms with Crippen LogP contribution in [0.25, 0.3) is 0 Å². The lowest BCUT2D eigenvalue weighted by Gasteiger charge is -2.19. The average Bonchev–Trinajstić information content (AvgIpc) is 2.72. The van der Waals surface area contributed by atoms with Crippen LogP contribution in [0.1, 0.15) is 11.4 Å².